The van der Waals surface area contributed by atoms with Crippen LogP contribution in [0.5, 0.6) is 0 Å². The molecule has 2 aromatic rings. The zero-order valence-electron chi connectivity index (χ0n) is 12.1. The molecule has 2 aliphatic rings. The predicted octanol–water partition coefficient (Wildman–Crippen LogP) is 1.18. The molecule has 0 radical (unpaired) electrons. The molecule has 0 saturated carbocycles. The Kier molecular flexibility index (Phi) is 3.19. The Morgan fingerprint density at radius 1 is 1.32 bits per heavy atom. The third-order valence-corrected chi connectivity index (χ3v) is 4.36. The van der Waals surface area contributed by atoms with E-state index in [-0.39, 0.29) is 17.2 Å². The molecule has 4 heterocycles. The molecular formula is C14H16ClN5O2. The number of amides is 1. The second kappa shape index (κ2) is 5.10. The molecule has 1 saturated heterocycles. The summed E-state index contributed by atoms with van der Waals surface area (Å²) in [4.78, 5) is 26.1. The fraction of sp³-hybridized carbons (Fsp3) is 0.500. The maximum absolute atomic E-state index is 11.8. The van der Waals surface area contributed by atoms with Gasteiger partial charge in [-0.3, -0.25) is 4.79 Å². The van der Waals surface area contributed by atoms with E-state index in [4.69, 9.17) is 16.3 Å². The number of hydrogen-bond donors (Lipinski definition) is 2. The van der Waals surface area contributed by atoms with Crippen LogP contribution in [0.4, 0.5) is 5.82 Å². The third-order valence-electron chi connectivity index (χ3n) is 4.19. The summed E-state index contributed by atoms with van der Waals surface area (Å²) in [5.74, 6) is 0.788. The summed E-state index contributed by atoms with van der Waals surface area (Å²) in [7, 11) is 0. The number of rotatable bonds is 1. The number of carbonyl (C=O) groups is 1. The molecule has 2 aliphatic heterocycles. The number of anilines is 1. The average Bonchev–Trinajstić information content (AvgIpc) is 2.86. The Bertz CT molecular complexity index is 753. The lowest BCUT2D eigenvalue weighted by molar-refractivity contribution is -0.121. The highest BCUT2D eigenvalue weighted by molar-refractivity contribution is 6.28. The van der Waals surface area contributed by atoms with Gasteiger partial charge in [0, 0.05) is 24.3 Å². The molecule has 2 aromatic heterocycles. The Labute approximate surface area is 132 Å². The predicted molar refractivity (Wildman–Crippen MR) is 82.2 cm³/mol. The molecule has 2 N–H and O–H groups in total. The van der Waals surface area contributed by atoms with Crippen LogP contribution < -0.4 is 10.2 Å². The van der Waals surface area contributed by atoms with Crippen LogP contribution >= 0.6 is 11.6 Å². The Hall–Kier alpha value is -1.86. The fourth-order valence-electron chi connectivity index (χ4n) is 3.17. The van der Waals surface area contributed by atoms with Gasteiger partial charge >= 0.3 is 0 Å². The van der Waals surface area contributed by atoms with Crippen LogP contribution in [0.25, 0.3) is 11.0 Å². The van der Waals surface area contributed by atoms with Crippen molar-refractivity contribution in [3.63, 3.8) is 0 Å². The first-order chi connectivity index (χ1) is 10.6. The molecule has 1 fully saturated rings. The lowest BCUT2D eigenvalue weighted by atomic mass is 10.0. The van der Waals surface area contributed by atoms with Crippen molar-refractivity contribution < 1.29 is 9.53 Å². The van der Waals surface area contributed by atoms with Crippen LogP contribution in [-0.2, 0) is 16.0 Å². The van der Waals surface area contributed by atoms with Gasteiger partial charge in [-0.1, -0.05) is 0 Å². The van der Waals surface area contributed by atoms with Crippen molar-refractivity contribution in [1.82, 2.24) is 20.3 Å². The Morgan fingerprint density at radius 3 is 2.86 bits per heavy atom. The molecule has 8 heteroatoms. The minimum absolute atomic E-state index is 0.00329. The van der Waals surface area contributed by atoms with Gasteiger partial charge in [0.1, 0.15) is 5.52 Å². The number of aromatic nitrogens is 3. The number of nitrogens with zero attached hydrogens (tertiary/aromatic N) is 3. The highest BCUT2D eigenvalue weighted by atomic mass is 35.5. The number of H-pyrrole nitrogens is 1. The smallest absolute Gasteiger partial charge is 0.225 e. The van der Waals surface area contributed by atoms with Gasteiger partial charge in [-0.25, -0.2) is 4.98 Å². The van der Waals surface area contributed by atoms with Crippen molar-refractivity contribution in [2.24, 2.45) is 0 Å². The van der Waals surface area contributed by atoms with Crippen molar-refractivity contribution in [2.45, 2.75) is 19.4 Å². The van der Waals surface area contributed by atoms with E-state index in [0.717, 1.165) is 41.2 Å². The van der Waals surface area contributed by atoms with E-state index >= 15 is 0 Å². The molecule has 0 spiro atoms. The number of nitrogens with one attached hydrogen (secondary N) is 2. The van der Waals surface area contributed by atoms with Crippen molar-refractivity contribution in [3.8, 4) is 0 Å². The number of morpholine rings is 1. The molecule has 1 amide bonds. The molecule has 0 bridgehead atoms. The quantitative estimate of drug-likeness (QED) is 0.771. The maximum Gasteiger partial charge on any atom is 0.225 e. The van der Waals surface area contributed by atoms with Crippen molar-refractivity contribution in [1.29, 1.82) is 0 Å². The van der Waals surface area contributed by atoms with Gasteiger partial charge in [0.25, 0.3) is 0 Å². The molecule has 116 valence electrons. The van der Waals surface area contributed by atoms with Crippen LogP contribution in [0.15, 0.2) is 0 Å². The molecular weight excluding hydrogens is 306 g/mol. The lowest BCUT2D eigenvalue weighted by Crippen LogP contribution is -2.37. The molecule has 1 atom stereocenters. The zero-order chi connectivity index (χ0) is 15.3. The highest BCUT2D eigenvalue weighted by Gasteiger charge is 2.29. The van der Waals surface area contributed by atoms with E-state index in [9.17, 15) is 4.79 Å². The van der Waals surface area contributed by atoms with Crippen LogP contribution in [0.2, 0.25) is 5.28 Å². The van der Waals surface area contributed by atoms with Gasteiger partial charge in [-0.15, -0.1) is 0 Å². The van der Waals surface area contributed by atoms with Crippen LogP contribution in [0.1, 0.15) is 24.2 Å². The summed E-state index contributed by atoms with van der Waals surface area (Å²) >= 11 is 6.12. The van der Waals surface area contributed by atoms with Gasteiger partial charge in [0.15, 0.2) is 5.82 Å². The Morgan fingerprint density at radius 2 is 2.09 bits per heavy atom. The average molecular weight is 322 g/mol. The standard InChI is InChI=1S/C14H16ClN5O2/c1-7-10-8(6-9(21)16-7)11-12(17-10)13(19-14(15)18-11)20-2-4-22-5-3-20/h7,17H,2-6H2,1H3,(H,16,21). The number of halogens is 1. The van der Waals surface area contributed by atoms with E-state index < -0.39 is 0 Å². The number of carbonyl (C=O) groups excluding carboxylic acids is 1. The summed E-state index contributed by atoms with van der Waals surface area (Å²) < 4.78 is 5.39. The summed E-state index contributed by atoms with van der Waals surface area (Å²) in [6, 6.07) is -0.0678. The number of fused-ring (bicyclic) bond motifs is 3. The van der Waals surface area contributed by atoms with Crippen LogP contribution in [0.3, 0.4) is 0 Å². The highest BCUT2D eigenvalue weighted by Crippen LogP contribution is 2.34. The first-order valence-corrected chi connectivity index (χ1v) is 7.71. The summed E-state index contributed by atoms with van der Waals surface area (Å²) in [5.41, 5.74) is 3.50. The second-order valence-electron chi connectivity index (χ2n) is 5.62. The van der Waals surface area contributed by atoms with Gasteiger partial charge < -0.3 is 19.9 Å². The number of aromatic amines is 1. The van der Waals surface area contributed by atoms with Crippen LogP contribution in [-0.4, -0.2) is 47.2 Å². The SMILES string of the molecule is CC1NC(=O)Cc2c1[nH]c1c(N3CCOCC3)nc(Cl)nc21. The first kappa shape index (κ1) is 13.8. The normalized spacial score (nSPS) is 21.8. The van der Waals surface area contributed by atoms with E-state index in [1.165, 1.54) is 0 Å². The second-order valence-corrected chi connectivity index (χ2v) is 5.96. The van der Waals surface area contributed by atoms with Crippen molar-refractivity contribution in [2.75, 3.05) is 31.2 Å². The molecule has 1 unspecified atom stereocenters. The fourth-order valence-corrected chi connectivity index (χ4v) is 3.34. The third kappa shape index (κ3) is 2.12. The van der Waals surface area contributed by atoms with E-state index in [0.29, 0.717) is 19.6 Å². The molecule has 4 rings (SSSR count). The molecule has 7 nitrogen and oxygen atoms in total. The Balaban J connectivity index is 1.91. The minimum Gasteiger partial charge on any atom is -0.378 e. The van der Waals surface area contributed by atoms with Gasteiger partial charge in [-0.2, -0.15) is 4.98 Å². The molecule has 22 heavy (non-hydrogen) atoms. The monoisotopic (exact) mass is 321 g/mol. The lowest BCUT2D eigenvalue weighted by Gasteiger charge is -2.28. The number of ether oxygens (including phenoxy) is 1. The van der Waals surface area contributed by atoms with Gasteiger partial charge in [-0.05, 0) is 18.5 Å². The summed E-state index contributed by atoms with van der Waals surface area (Å²) in [6.45, 7) is 4.81. The minimum atomic E-state index is -0.0678. The first-order valence-electron chi connectivity index (χ1n) is 7.33. The van der Waals surface area contributed by atoms with E-state index in [2.05, 4.69) is 25.2 Å². The van der Waals surface area contributed by atoms with Crippen LogP contribution in [0, 0.1) is 0 Å². The van der Waals surface area contributed by atoms with E-state index in [1.807, 2.05) is 6.92 Å². The summed E-state index contributed by atoms with van der Waals surface area (Å²) in [5, 5.41) is 3.13. The topological polar surface area (TPSA) is 83.1 Å². The van der Waals surface area contributed by atoms with E-state index in [1.54, 1.807) is 0 Å². The number of hydrogen-bond acceptors (Lipinski definition) is 5. The molecule has 0 aliphatic carbocycles. The summed E-state index contributed by atoms with van der Waals surface area (Å²) in [6.07, 6.45) is 0.315. The molecule has 0 aromatic carbocycles. The van der Waals surface area contributed by atoms with Crippen molar-refractivity contribution >= 4 is 34.4 Å². The zero-order valence-corrected chi connectivity index (χ0v) is 12.9. The van der Waals surface area contributed by atoms with Crippen molar-refractivity contribution in [3.05, 3.63) is 16.5 Å². The maximum atomic E-state index is 11.8. The van der Waals surface area contributed by atoms with Gasteiger partial charge in [0.05, 0.1) is 31.2 Å². The largest absolute Gasteiger partial charge is 0.378 e. The van der Waals surface area contributed by atoms with Gasteiger partial charge in [0.2, 0.25) is 11.2 Å².